The number of benzene rings is 1. The van der Waals surface area contributed by atoms with Crippen LogP contribution >= 0.6 is 0 Å². The van der Waals surface area contributed by atoms with Gasteiger partial charge >= 0.3 is 0 Å². The Balaban J connectivity index is 2.36. The first kappa shape index (κ1) is 13.1. The number of carbonyl (C=O) groups excluding carboxylic acids is 1. The number of anilines is 1. The quantitative estimate of drug-likeness (QED) is 0.867. The highest BCUT2D eigenvalue weighted by Gasteiger charge is 2.28. The van der Waals surface area contributed by atoms with Gasteiger partial charge < -0.3 is 10.2 Å². The number of nitrogens with zero attached hydrogens (tertiary/aromatic N) is 1. The van der Waals surface area contributed by atoms with Crippen molar-refractivity contribution in [2.75, 3.05) is 18.0 Å². The van der Waals surface area contributed by atoms with Gasteiger partial charge in [0.2, 0.25) is 5.91 Å². The highest BCUT2D eigenvalue weighted by atomic mass is 16.2. The molecule has 0 bridgehead atoms. The molecule has 0 aliphatic carbocycles. The molecule has 18 heavy (non-hydrogen) atoms. The Morgan fingerprint density at radius 1 is 1.33 bits per heavy atom. The zero-order chi connectivity index (χ0) is 13.1. The Morgan fingerprint density at radius 3 is 2.78 bits per heavy atom. The van der Waals surface area contributed by atoms with E-state index in [1.54, 1.807) is 0 Å². The minimum Gasteiger partial charge on any atom is -0.310 e. The number of hydrogen-bond donors (Lipinski definition) is 1. The Hall–Kier alpha value is -1.35. The summed E-state index contributed by atoms with van der Waals surface area (Å²) in [6.45, 7) is 7.96. The van der Waals surface area contributed by atoms with E-state index in [-0.39, 0.29) is 11.9 Å². The van der Waals surface area contributed by atoms with Crippen molar-refractivity contribution < 1.29 is 4.79 Å². The molecule has 3 nitrogen and oxygen atoms in total. The van der Waals surface area contributed by atoms with Crippen LogP contribution in [0.15, 0.2) is 24.3 Å². The van der Waals surface area contributed by atoms with Crippen molar-refractivity contribution in [3.63, 3.8) is 0 Å². The molecule has 0 aromatic heterocycles. The van der Waals surface area contributed by atoms with Gasteiger partial charge in [-0.1, -0.05) is 32.0 Å². The first-order valence-corrected chi connectivity index (χ1v) is 6.76. The predicted molar refractivity (Wildman–Crippen MR) is 74.8 cm³/mol. The van der Waals surface area contributed by atoms with E-state index in [0.29, 0.717) is 5.92 Å². The summed E-state index contributed by atoms with van der Waals surface area (Å²) in [6.07, 6.45) is 0.955. The lowest BCUT2D eigenvalue weighted by atomic mass is 10.1. The van der Waals surface area contributed by atoms with Gasteiger partial charge in [0.1, 0.15) is 0 Å². The zero-order valence-electron chi connectivity index (χ0n) is 11.4. The molecule has 2 rings (SSSR count). The predicted octanol–water partition coefficient (Wildman–Crippen LogP) is 2.21. The van der Waals surface area contributed by atoms with Gasteiger partial charge in [0, 0.05) is 18.8 Å². The van der Waals surface area contributed by atoms with E-state index in [1.807, 2.05) is 24.0 Å². The average molecular weight is 246 g/mol. The zero-order valence-corrected chi connectivity index (χ0v) is 11.4. The SMILES string of the molecule is CCc1ccccc1N1CC(C)CNC(C)C1=O. The van der Waals surface area contributed by atoms with Gasteiger partial charge in [-0.2, -0.15) is 0 Å². The van der Waals surface area contributed by atoms with Crippen LogP contribution in [0, 0.1) is 5.92 Å². The molecule has 1 aromatic rings. The second-order valence-electron chi connectivity index (χ2n) is 5.17. The molecule has 2 atom stereocenters. The first-order valence-electron chi connectivity index (χ1n) is 6.76. The highest BCUT2D eigenvalue weighted by molar-refractivity contribution is 5.97. The minimum absolute atomic E-state index is 0.0973. The molecule has 1 amide bonds. The number of carbonyl (C=O) groups is 1. The number of amides is 1. The summed E-state index contributed by atoms with van der Waals surface area (Å²) in [5, 5.41) is 3.29. The summed E-state index contributed by atoms with van der Waals surface area (Å²) in [5.74, 6) is 0.657. The van der Waals surface area contributed by atoms with Crippen LogP contribution in [0.4, 0.5) is 5.69 Å². The molecular formula is C15H22N2O. The maximum absolute atomic E-state index is 12.4. The number of nitrogens with one attached hydrogen (secondary N) is 1. The molecule has 1 aliphatic rings. The summed E-state index contributed by atoms with van der Waals surface area (Å²) in [5.41, 5.74) is 2.32. The van der Waals surface area contributed by atoms with Crippen molar-refractivity contribution in [2.45, 2.75) is 33.2 Å². The highest BCUT2D eigenvalue weighted by Crippen LogP contribution is 2.24. The molecule has 1 N–H and O–H groups in total. The van der Waals surface area contributed by atoms with Gasteiger partial charge in [0.25, 0.3) is 0 Å². The molecule has 1 fully saturated rings. The van der Waals surface area contributed by atoms with E-state index in [0.717, 1.165) is 25.2 Å². The number of hydrogen-bond acceptors (Lipinski definition) is 2. The molecule has 98 valence electrons. The van der Waals surface area contributed by atoms with Crippen molar-refractivity contribution in [1.29, 1.82) is 0 Å². The third kappa shape index (κ3) is 2.56. The van der Waals surface area contributed by atoms with E-state index in [9.17, 15) is 4.79 Å². The summed E-state index contributed by atoms with van der Waals surface area (Å²) in [6, 6.07) is 8.11. The van der Waals surface area contributed by atoms with Gasteiger partial charge in [-0.15, -0.1) is 0 Å². The van der Waals surface area contributed by atoms with Crippen LogP contribution < -0.4 is 10.2 Å². The van der Waals surface area contributed by atoms with Crippen LogP contribution in [0.25, 0.3) is 0 Å². The van der Waals surface area contributed by atoms with Crippen molar-refractivity contribution >= 4 is 11.6 Å². The molecule has 1 heterocycles. The van der Waals surface area contributed by atoms with E-state index < -0.39 is 0 Å². The van der Waals surface area contributed by atoms with Crippen LogP contribution in [0.3, 0.4) is 0 Å². The summed E-state index contributed by atoms with van der Waals surface area (Å²) < 4.78 is 0. The lowest BCUT2D eigenvalue weighted by molar-refractivity contribution is -0.119. The standard InChI is InChI=1S/C15H22N2O/c1-4-13-7-5-6-8-14(13)17-10-11(2)9-16-12(3)15(17)18/h5-8,11-12,16H,4,9-10H2,1-3H3. The van der Waals surface area contributed by atoms with Gasteiger partial charge in [0.15, 0.2) is 0 Å². The number of para-hydroxylation sites is 1. The second kappa shape index (κ2) is 5.53. The number of rotatable bonds is 2. The molecule has 3 heteroatoms. The van der Waals surface area contributed by atoms with Crippen LogP contribution in [0.5, 0.6) is 0 Å². The largest absolute Gasteiger partial charge is 0.310 e. The van der Waals surface area contributed by atoms with Crippen LogP contribution in [-0.4, -0.2) is 25.0 Å². The van der Waals surface area contributed by atoms with E-state index in [2.05, 4.69) is 31.3 Å². The van der Waals surface area contributed by atoms with Crippen LogP contribution in [0.2, 0.25) is 0 Å². The molecule has 0 spiro atoms. The van der Waals surface area contributed by atoms with Gasteiger partial charge in [-0.3, -0.25) is 4.79 Å². The Morgan fingerprint density at radius 2 is 2.06 bits per heavy atom. The van der Waals surface area contributed by atoms with Gasteiger partial charge in [-0.05, 0) is 30.9 Å². The molecule has 0 radical (unpaired) electrons. The summed E-state index contributed by atoms with van der Waals surface area (Å²) in [7, 11) is 0. The normalized spacial score (nSPS) is 25.1. The van der Waals surface area contributed by atoms with Crippen LogP contribution in [-0.2, 0) is 11.2 Å². The summed E-state index contributed by atoms with van der Waals surface area (Å²) in [4.78, 5) is 14.4. The molecular weight excluding hydrogens is 224 g/mol. The van der Waals surface area contributed by atoms with Crippen molar-refractivity contribution in [3.05, 3.63) is 29.8 Å². The van der Waals surface area contributed by atoms with Crippen LogP contribution in [0.1, 0.15) is 26.3 Å². The third-order valence-electron chi connectivity index (χ3n) is 3.57. The number of aryl methyl sites for hydroxylation is 1. The van der Waals surface area contributed by atoms with E-state index in [4.69, 9.17) is 0 Å². The fourth-order valence-electron chi connectivity index (χ4n) is 2.46. The third-order valence-corrected chi connectivity index (χ3v) is 3.57. The lowest BCUT2D eigenvalue weighted by Crippen LogP contribution is -2.42. The fourth-order valence-corrected chi connectivity index (χ4v) is 2.46. The second-order valence-corrected chi connectivity index (χ2v) is 5.17. The summed E-state index contributed by atoms with van der Waals surface area (Å²) >= 11 is 0. The van der Waals surface area contributed by atoms with Crippen molar-refractivity contribution in [2.24, 2.45) is 5.92 Å². The monoisotopic (exact) mass is 246 g/mol. The van der Waals surface area contributed by atoms with Gasteiger partial charge in [0.05, 0.1) is 6.04 Å². The molecule has 0 saturated carbocycles. The Kier molecular flexibility index (Phi) is 4.02. The first-order chi connectivity index (χ1) is 8.63. The van der Waals surface area contributed by atoms with Crippen molar-refractivity contribution in [3.8, 4) is 0 Å². The van der Waals surface area contributed by atoms with E-state index >= 15 is 0 Å². The van der Waals surface area contributed by atoms with E-state index in [1.165, 1.54) is 5.56 Å². The Bertz CT molecular complexity index is 430. The minimum atomic E-state index is -0.0973. The maximum atomic E-state index is 12.4. The molecule has 1 saturated heterocycles. The Labute approximate surface area is 109 Å². The van der Waals surface area contributed by atoms with Gasteiger partial charge in [-0.25, -0.2) is 0 Å². The smallest absolute Gasteiger partial charge is 0.243 e. The fraction of sp³-hybridized carbons (Fsp3) is 0.533. The average Bonchev–Trinajstić information content (AvgIpc) is 2.52. The lowest BCUT2D eigenvalue weighted by Gasteiger charge is -2.26. The maximum Gasteiger partial charge on any atom is 0.243 e. The van der Waals surface area contributed by atoms with Crippen molar-refractivity contribution in [1.82, 2.24) is 5.32 Å². The topological polar surface area (TPSA) is 32.3 Å². The molecule has 1 aromatic carbocycles. The molecule has 2 unspecified atom stereocenters. The molecule has 1 aliphatic heterocycles.